The Bertz CT molecular complexity index is 404. The van der Waals surface area contributed by atoms with Gasteiger partial charge < -0.3 is 15.0 Å². The summed E-state index contributed by atoms with van der Waals surface area (Å²) in [5.74, 6) is 1.95. The minimum atomic E-state index is -0.171. The van der Waals surface area contributed by atoms with Crippen LogP contribution < -0.4 is 5.73 Å². The third kappa shape index (κ3) is 1.87. The van der Waals surface area contributed by atoms with Crippen LogP contribution in [0, 0.1) is 5.92 Å². The highest BCUT2D eigenvalue weighted by atomic mass is 16.5. The number of fused-ring (bicyclic) bond motifs is 2. The zero-order valence-corrected chi connectivity index (χ0v) is 10.3. The van der Waals surface area contributed by atoms with Gasteiger partial charge in [0.25, 0.3) is 0 Å². The van der Waals surface area contributed by atoms with Gasteiger partial charge in [-0.25, -0.2) is 0 Å². The van der Waals surface area contributed by atoms with E-state index >= 15 is 0 Å². The Morgan fingerprint density at radius 2 is 2.18 bits per heavy atom. The van der Waals surface area contributed by atoms with Gasteiger partial charge >= 0.3 is 0 Å². The topological polar surface area (TPSA) is 74.2 Å². The maximum absolute atomic E-state index is 6.00. The van der Waals surface area contributed by atoms with E-state index in [1.54, 1.807) is 0 Å². The SMILES string of the molecule is CC(C)[C@@H](N)c1nc(C2CC3CCC2O3)no1. The summed E-state index contributed by atoms with van der Waals surface area (Å²) in [7, 11) is 0. The summed E-state index contributed by atoms with van der Waals surface area (Å²) < 4.78 is 11.1. The van der Waals surface area contributed by atoms with Gasteiger partial charge in [-0.3, -0.25) is 0 Å². The van der Waals surface area contributed by atoms with Crippen LogP contribution in [0.5, 0.6) is 0 Å². The lowest BCUT2D eigenvalue weighted by atomic mass is 9.89. The van der Waals surface area contributed by atoms with Gasteiger partial charge in [0, 0.05) is 0 Å². The van der Waals surface area contributed by atoms with Crippen molar-refractivity contribution in [2.24, 2.45) is 11.7 Å². The zero-order valence-electron chi connectivity index (χ0n) is 10.3. The Kier molecular flexibility index (Phi) is 2.67. The Morgan fingerprint density at radius 1 is 1.35 bits per heavy atom. The summed E-state index contributed by atoms with van der Waals surface area (Å²) >= 11 is 0. The fourth-order valence-corrected chi connectivity index (χ4v) is 2.73. The monoisotopic (exact) mass is 237 g/mol. The van der Waals surface area contributed by atoms with E-state index in [1.165, 1.54) is 6.42 Å². The van der Waals surface area contributed by atoms with E-state index < -0.39 is 0 Å². The van der Waals surface area contributed by atoms with Crippen LogP contribution in [0.1, 0.15) is 56.8 Å². The first-order valence-corrected chi connectivity index (χ1v) is 6.39. The molecule has 5 heteroatoms. The van der Waals surface area contributed by atoms with Crippen molar-refractivity contribution in [1.29, 1.82) is 0 Å². The van der Waals surface area contributed by atoms with Crippen LogP contribution in [0.25, 0.3) is 0 Å². The quantitative estimate of drug-likeness (QED) is 0.867. The Morgan fingerprint density at radius 3 is 2.76 bits per heavy atom. The second kappa shape index (κ2) is 4.07. The van der Waals surface area contributed by atoms with Crippen molar-refractivity contribution in [3.63, 3.8) is 0 Å². The van der Waals surface area contributed by atoms with Crippen LogP contribution in [0.15, 0.2) is 4.52 Å². The minimum Gasteiger partial charge on any atom is -0.374 e. The first-order valence-electron chi connectivity index (χ1n) is 6.39. The molecule has 2 bridgehead atoms. The molecule has 0 aliphatic carbocycles. The molecule has 3 unspecified atom stereocenters. The molecular formula is C12H19N3O2. The smallest absolute Gasteiger partial charge is 0.243 e. The molecule has 17 heavy (non-hydrogen) atoms. The number of nitrogens with two attached hydrogens (primary N) is 1. The van der Waals surface area contributed by atoms with Crippen LogP contribution in [0.3, 0.4) is 0 Å². The standard InChI is InChI=1S/C12H19N3O2/c1-6(2)10(13)12-14-11(15-17-12)8-5-7-3-4-9(8)16-7/h6-10H,3-5,13H2,1-2H3/t7?,8?,9?,10-/m1/s1. The molecular weight excluding hydrogens is 218 g/mol. The van der Waals surface area contributed by atoms with E-state index in [-0.39, 0.29) is 6.04 Å². The highest BCUT2D eigenvalue weighted by Gasteiger charge is 2.43. The van der Waals surface area contributed by atoms with Crippen molar-refractivity contribution in [3.8, 4) is 0 Å². The third-order valence-electron chi connectivity index (χ3n) is 3.90. The zero-order chi connectivity index (χ0) is 12.0. The lowest BCUT2D eigenvalue weighted by Crippen LogP contribution is -2.18. The molecule has 2 N–H and O–H groups in total. The van der Waals surface area contributed by atoms with Crippen LogP contribution in [-0.2, 0) is 4.74 Å². The summed E-state index contributed by atoms with van der Waals surface area (Å²) in [5.41, 5.74) is 6.00. The lowest BCUT2D eigenvalue weighted by Gasteiger charge is -2.14. The fourth-order valence-electron chi connectivity index (χ4n) is 2.73. The molecule has 0 amide bonds. The maximum atomic E-state index is 6.00. The molecule has 94 valence electrons. The van der Waals surface area contributed by atoms with Crippen molar-refractivity contribution < 1.29 is 9.26 Å². The summed E-state index contributed by atoms with van der Waals surface area (Å²) in [6, 6.07) is -0.171. The fraction of sp³-hybridized carbons (Fsp3) is 0.833. The van der Waals surface area contributed by atoms with Gasteiger partial charge in [-0.15, -0.1) is 0 Å². The number of aromatic nitrogens is 2. The van der Waals surface area contributed by atoms with E-state index in [0.29, 0.717) is 29.9 Å². The van der Waals surface area contributed by atoms with Crippen molar-refractivity contribution in [2.75, 3.05) is 0 Å². The highest BCUT2D eigenvalue weighted by molar-refractivity contribution is 5.07. The summed E-state index contributed by atoms with van der Waals surface area (Å²) in [4.78, 5) is 4.45. The van der Waals surface area contributed by atoms with Gasteiger partial charge in [0.1, 0.15) is 0 Å². The van der Waals surface area contributed by atoms with Gasteiger partial charge in [0.2, 0.25) is 5.89 Å². The van der Waals surface area contributed by atoms with Crippen LogP contribution in [0.2, 0.25) is 0 Å². The van der Waals surface area contributed by atoms with Crippen molar-refractivity contribution in [2.45, 2.75) is 57.3 Å². The van der Waals surface area contributed by atoms with Crippen LogP contribution in [-0.4, -0.2) is 22.3 Å². The molecule has 0 spiro atoms. The van der Waals surface area contributed by atoms with E-state index in [4.69, 9.17) is 15.0 Å². The van der Waals surface area contributed by atoms with E-state index in [0.717, 1.165) is 18.7 Å². The van der Waals surface area contributed by atoms with Crippen molar-refractivity contribution in [1.82, 2.24) is 10.1 Å². The maximum Gasteiger partial charge on any atom is 0.243 e. The van der Waals surface area contributed by atoms with Crippen LogP contribution >= 0.6 is 0 Å². The number of rotatable bonds is 3. The van der Waals surface area contributed by atoms with Gasteiger partial charge in [0.05, 0.1) is 24.2 Å². The van der Waals surface area contributed by atoms with E-state index in [9.17, 15) is 0 Å². The number of hydrogen-bond donors (Lipinski definition) is 1. The summed E-state index contributed by atoms with van der Waals surface area (Å²) in [6.45, 7) is 4.10. The lowest BCUT2D eigenvalue weighted by molar-refractivity contribution is 0.0996. The second-order valence-corrected chi connectivity index (χ2v) is 5.48. The van der Waals surface area contributed by atoms with Gasteiger partial charge in [-0.1, -0.05) is 19.0 Å². The normalized spacial score (nSPS) is 33.5. The molecule has 0 radical (unpaired) electrons. The third-order valence-corrected chi connectivity index (χ3v) is 3.90. The molecule has 2 aliphatic rings. The average molecular weight is 237 g/mol. The molecule has 3 heterocycles. The predicted molar refractivity (Wildman–Crippen MR) is 61.3 cm³/mol. The van der Waals surface area contributed by atoms with Crippen molar-refractivity contribution in [3.05, 3.63) is 11.7 Å². The van der Waals surface area contributed by atoms with Gasteiger partial charge in [0.15, 0.2) is 5.82 Å². The average Bonchev–Trinajstić information content (AvgIpc) is 3.02. The van der Waals surface area contributed by atoms with Gasteiger partial charge in [-0.2, -0.15) is 4.98 Å². The van der Waals surface area contributed by atoms with Crippen molar-refractivity contribution >= 4 is 0 Å². The Hall–Kier alpha value is -0.940. The molecule has 0 aromatic carbocycles. The number of hydrogen-bond acceptors (Lipinski definition) is 5. The first kappa shape index (κ1) is 11.2. The van der Waals surface area contributed by atoms with E-state index in [2.05, 4.69) is 24.0 Å². The molecule has 0 saturated carbocycles. The molecule has 2 fully saturated rings. The minimum absolute atomic E-state index is 0.171. The molecule has 1 aromatic heterocycles. The van der Waals surface area contributed by atoms with E-state index in [1.807, 2.05) is 0 Å². The van der Waals surface area contributed by atoms with Crippen LogP contribution in [0.4, 0.5) is 0 Å². The predicted octanol–water partition coefficient (Wildman–Crippen LogP) is 1.76. The molecule has 2 aliphatic heterocycles. The molecule has 2 saturated heterocycles. The Balaban J connectivity index is 1.77. The molecule has 5 nitrogen and oxygen atoms in total. The molecule has 3 rings (SSSR count). The first-order chi connectivity index (χ1) is 8.15. The number of nitrogens with zero attached hydrogens (tertiary/aromatic N) is 2. The largest absolute Gasteiger partial charge is 0.374 e. The molecule has 4 atom stereocenters. The highest BCUT2D eigenvalue weighted by Crippen LogP contribution is 2.43. The second-order valence-electron chi connectivity index (χ2n) is 5.48. The number of ether oxygens (including phenoxy) is 1. The van der Waals surface area contributed by atoms with Gasteiger partial charge in [-0.05, 0) is 25.2 Å². The summed E-state index contributed by atoms with van der Waals surface area (Å²) in [6.07, 6.45) is 4.03. The molecule has 1 aromatic rings. The Labute approximate surface area is 101 Å². The summed E-state index contributed by atoms with van der Waals surface area (Å²) in [5, 5.41) is 4.07.